The van der Waals surface area contributed by atoms with E-state index in [0.29, 0.717) is 0 Å². The van der Waals surface area contributed by atoms with Crippen LogP contribution in [0.4, 0.5) is 0 Å². The van der Waals surface area contributed by atoms with E-state index in [1.807, 2.05) is 0 Å². The minimum Gasteiger partial charge on any atom is 0 e. The van der Waals surface area contributed by atoms with Gasteiger partial charge in [0.1, 0.15) is 0 Å². The van der Waals surface area contributed by atoms with Crippen LogP contribution in [-0.4, -0.2) is 37.7 Å². The third kappa shape index (κ3) is 8.95. The summed E-state index contributed by atoms with van der Waals surface area (Å²) in [7, 11) is 0. The summed E-state index contributed by atoms with van der Waals surface area (Å²) in [5.74, 6) is 0. The molecular formula is CaOPrV. The van der Waals surface area contributed by atoms with Crippen molar-refractivity contribution in [3.05, 3.63) is 0 Å². The standard InChI is InChI=1S/Ca.O.Pr.V. The van der Waals surface area contributed by atoms with Gasteiger partial charge in [-0.3, -0.25) is 0 Å². The van der Waals surface area contributed by atoms with Crippen molar-refractivity contribution in [2.45, 2.75) is 0 Å². The Balaban J connectivity index is 0. The molecule has 0 aromatic rings. The second-order valence-corrected chi connectivity index (χ2v) is 0. The summed E-state index contributed by atoms with van der Waals surface area (Å²) in [6.45, 7) is 0. The predicted molar refractivity (Wildman–Crippen MR) is 6.44 cm³/mol. The van der Waals surface area contributed by atoms with Crippen LogP contribution in [0.3, 0.4) is 0 Å². The van der Waals surface area contributed by atoms with Gasteiger partial charge >= 0.3 is 0 Å². The van der Waals surface area contributed by atoms with Gasteiger partial charge in [-0.15, -0.1) is 0 Å². The summed E-state index contributed by atoms with van der Waals surface area (Å²) in [5.41, 5.74) is 0. The van der Waals surface area contributed by atoms with Gasteiger partial charge in [-0.05, 0) is 0 Å². The van der Waals surface area contributed by atoms with E-state index in [2.05, 4.69) is 0 Å². The molecule has 0 bridgehead atoms. The van der Waals surface area contributed by atoms with Gasteiger partial charge in [0.2, 0.25) is 0 Å². The molecule has 0 aromatic heterocycles. The first kappa shape index (κ1) is 27.2. The predicted octanol–water partition coefficient (Wildman–Crippen LogP) is -0.502. The van der Waals surface area contributed by atoms with Crippen LogP contribution < -0.4 is 0 Å². The molecule has 1 nitrogen and oxygen atoms in total. The largest absolute Gasteiger partial charge is 0 e. The molecule has 0 aliphatic heterocycles. The van der Waals surface area contributed by atoms with E-state index < -0.39 is 0 Å². The van der Waals surface area contributed by atoms with Crippen LogP contribution in [0.2, 0.25) is 0 Å². The summed E-state index contributed by atoms with van der Waals surface area (Å²) in [5, 5.41) is 0. The Labute approximate surface area is 100 Å². The minimum atomic E-state index is 0. The van der Waals surface area contributed by atoms with E-state index in [9.17, 15) is 0 Å². The van der Waals surface area contributed by atoms with Gasteiger partial charge in [0, 0.05) is 103 Å². The summed E-state index contributed by atoms with van der Waals surface area (Å²) in [6.07, 6.45) is 0. The van der Waals surface area contributed by atoms with Crippen LogP contribution in [0, 0.1) is 41.3 Å². The van der Waals surface area contributed by atoms with Crippen LogP contribution in [0.25, 0.3) is 0 Å². The molecule has 4 heteroatoms. The SMILES string of the molecule is [Ca].[O].[Pr].[V]. The number of rotatable bonds is 0. The number of hydrogen-bond acceptors (Lipinski definition) is 0. The maximum atomic E-state index is 0. The molecule has 0 aromatic carbocycles. The van der Waals surface area contributed by atoms with Gasteiger partial charge < -0.3 is 0 Å². The number of hydrogen-bond donors (Lipinski definition) is 0. The average Bonchev–Trinajstić information content (AvgIpc) is 0. The summed E-state index contributed by atoms with van der Waals surface area (Å²) in [6, 6.07) is 0. The molecule has 0 unspecified atom stereocenters. The van der Waals surface area contributed by atoms with E-state index in [4.69, 9.17) is 0 Å². The minimum absolute atomic E-state index is 0. The first-order valence-electron chi connectivity index (χ1n) is 0. The smallest absolute Gasteiger partial charge is 0 e. The van der Waals surface area contributed by atoms with Crippen LogP contribution in [-0.2, 0) is 24.0 Å². The Kier molecular flexibility index (Phi) is 112. The molecule has 0 spiro atoms. The Morgan fingerprint density at radius 3 is 1.00 bits per heavy atom. The zero-order valence-corrected chi connectivity index (χ0v) is 9.45. The Morgan fingerprint density at radius 2 is 1.00 bits per heavy atom. The van der Waals surface area contributed by atoms with E-state index in [-0.39, 0.29) is 103 Å². The van der Waals surface area contributed by atoms with Gasteiger partial charge in [0.05, 0.1) is 0 Å². The fourth-order valence-electron chi connectivity index (χ4n) is 0. The zero-order valence-electron chi connectivity index (χ0n) is 2.14. The van der Waals surface area contributed by atoms with Gasteiger partial charge in [0.15, 0.2) is 0 Å². The van der Waals surface area contributed by atoms with Crippen molar-refractivity contribution in [1.29, 1.82) is 0 Å². The summed E-state index contributed by atoms with van der Waals surface area (Å²) >= 11 is 0. The zero-order chi connectivity index (χ0) is 0. The van der Waals surface area contributed by atoms with E-state index in [1.165, 1.54) is 0 Å². The van der Waals surface area contributed by atoms with Crippen LogP contribution in [0.5, 0.6) is 0 Å². The summed E-state index contributed by atoms with van der Waals surface area (Å²) in [4.78, 5) is 0. The summed E-state index contributed by atoms with van der Waals surface area (Å²) < 4.78 is 0. The molecule has 0 aliphatic rings. The molecule has 4 heavy (non-hydrogen) atoms. The van der Waals surface area contributed by atoms with Crippen molar-refractivity contribution in [2.24, 2.45) is 0 Å². The first-order valence-corrected chi connectivity index (χ1v) is 0. The van der Waals surface area contributed by atoms with Gasteiger partial charge in [-0.2, -0.15) is 0 Å². The monoisotopic (exact) mass is 248 g/mol. The van der Waals surface area contributed by atoms with E-state index in [0.717, 1.165) is 0 Å². The van der Waals surface area contributed by atoms with Crippen molar-refractivity contribution in [3.8, 4) is 0 Å². The topological polar surface area (TPSA) is 28.5 Å². The van der Waals surface area contributed by atoms with Crippen molar-refractivity contribution in [2.75, 3.05) is 0 Å². The second-order valence-electron chi connectivity index (χ2n) is 0. The van der Waals surface area contributed by atoms with Crippen molar-refractivity contribution >= 4 is 37.7 Å². The third-order valence-electron chi connectivity index (χ3n) is 0. The van der Waals surface area contributed by atoms with Gasteiger partial charge in [-0.25, -0.2) is 0 Å². The van der Waals surface area contributed by atoms with Gasteiger partial charge in [0.25, 0.3) is 0 Å². The fraction of sp³-hybridized carbons (Fsp3) is 0. The van der Waals surface area contributed by atoms with E-state index in [1.54, 1.807) is 0 Å². The van der Waals surface area contributed by atoms with Crippen molar-refractivity contribution < 1.29 is 65.3 Å². The Bertz CT molecular complexity index is 8.00. The molecule has 0 amide bonds. The van der Waals surface area contributed by atoms with Crippen molar-refractivity contribution in [1.82, 2.24) is 0 Å². The molecule has 0 N–H and O–H groups in total. The second kappa shape index (κ2) is 16.4. The molecule has 0 atom stereocenters. The molecular weight excluding hydrogens is 248 g/mol. The third-order valence-corrected chi connectivity index (χ3v) is 0. The maximum Gasteiger partial charge on any atom is 0 e. The van der Waals surface area contributed by atoms with Crippen LogP contribution in [0.15, 0.2) is 0 Å². The normalized spacial score (nSPS) is 0. The molecule has 0 heterocycles. The van der Waals surface area contributed by atoms with E-state index >= 15 is 0 Å². The van der Waals surface area contributed by atoms with Crippen LogP contribution in [0.1, 0.15) is 0 Å². The first-order chi connectivity index (χ1) is 0. The average molecular weight is 248 g/mol. The molecule has 0 rings (SSSR count). The Hall–Kier alpha value is 3.17. The van der Waals surface area contributed by atoms with Crippen molar-refractivity contribution in [3.63, 3.8) is 0 Å². The molecule has 0 aliphatic carbocycles. The molecule has 16 valence electrons. The molecule has 0 saturated heterocycles. The van der Waals surface area contributed by atoms with Gasteiger partial charge in [-0.1, -0.05) is 0 Å². The maximum absolute atomic E-state index is 0. The molecule has 0 saturated carbocycles. The molecule has 6 radical (unpaired) electrons. The quantitative estimate of drug-likeness (QED) is 0.517. The fourth-order valence-corrected chi connectivity index (χ4v) is 0. The Morgan fingerprint density at radius 1 is 1.00 bits per heavy atom. The van der Waals surface area contributed by atoms with Crippen LogP contribution >= 0.6 is 0 Å². The molecule has 0 fully saturated rings.